The van der Waals surface area contributed by atoms with Crippen molar-refractivity contribution >= 4 is 23.7 Å². The lowest BCUT2D eigenvalue weighted by atomic mass is 10.2. The second-order valence-corrected chi connectivity index (χ2v) is 4.84. The topological polar surface area (TPSA) is 104 Å². The van der Waals surface area contributed by atoms with E-state index in [0.29, 0.717) is 17.9 Å². The Morgan fingerprint density at radius 1 is 1.12 bits per heavy atom. The van der Waals surface area contributed by atoms with E-state index >= 15 is 0 Å². The highest BCUT2D eigenvalue weighted by molar-refractivity contribution is 6.39. The molecular formula is C18H16N4O3. The molecule has 0 radical (unpaired) electrons. The molecule has 0 saturated heterocycles. The van der Waals surface area contributed by atoms with Crippen molar-refractivity contribution in [3.63, 3.8) is 0 Å². The minimum absolute atomic E-state index is 0.412. The number of nitrogens with one attached hydrogen (secondary N) is 2. The number of anilines is 1. The van der Waals surface area contributed by atoms with Gasteiger partial charge in [0, 0.05) is 5.69 Å². The molecule has 2 N–H and O–H groups in total. The van der Waals surface area contributed by atoms with Crippen LogP contribution in [0.2, 0.25) is 0 Å². The number of hydrogen-bond donors (Lipinski definition) is 2. The van der Waals surface area contributed by atoms with Crippen LogP contribution in [0.15, 0.2) is 53.6 Å². The van der Waals surface area contributed by atoms with Gasteiger partial charge < -0.3 is 10.1 Å². The third-order valence-electron chi connectivity index (χ3n) is 3.05. The summed E-state index contributed by atoms with van der Waals surface area (Å²) in [6.07, 6.45) is 1.42. The molecule has 0 saturated carbocycles. The molecule has 0 spiro atoms. The lowest BCUT2D eigenvalue weighted by Gasteiger charge is -2.04. The van der Waals surface area contributed by atoms with Gasteiger partial charge in [0.2, 0.25) is 0 Å². The van der Waals surface area contributed by atoms with Crippen LogP contribution >= 0.6 is 0 Å². The SMILES string of the molecule is CCOc1ccc(/C=N/NC(=O)C(=O)Nc2ccc(C#N)cc2)cc1. The van der Waals surface area contributed by atoms with E-state index in [1.807, 2.05) is 13.0 Å². The summed E-state index contributed by atoms with van der Waals surface area (Å²) in [6, 6.07) is 15.2. The minimum Gasteiger partial charge on any atom is -0.494 e. The van der Waals surface area contributed by atoms with Gasteiger partial charge in [0.1, 0.15) is 5.75 Å². The fraction of sp³-hybridized carbons (Fsp3) is 0.111. The van der Waals surface area contributed by atoms with Crippen molar-refractivity contribution in [3.05, 3.63) is 59.7 Å². The van der Waals surface area contributed by atoms with Crippen molar-refractivity contribution < 1.29 is 14.3 Å². The van der Waals surface area contributed by atoms with Gasteiger partial charge in [-0.05, 0) is 61.0 Å². The third-order valence-corrected chi connectivity index (χ3v) is 3.05. The van der Waals surface area contributed by atoms with Crippen LogP contribution in [0.4, 0.5) is 5.69 Å². The van der Waals surface area contributed by atoms with Gasteiger partial charge in [-0.3, -0.25) is 9.59 Å². The summed E-state index contributed by atoms with van der Waals surface area (Å²) in [5, 5.41) is 14.9. The minimum atomic E-state index is -0.897. The van der Waals surface area contributed by atoms with Crippen LogP contribution in [0.1, 0.15) is 18.1 Å². The Bertz CT molecular complexity index is 806. The second-order valence-electron chi connectivity index (χ2n) is 4.84. The maximum absolute atomic E-state index is 11.7. The summed E-state index contributed by atoms with van der Waals surface area (Å²) >= 11 is 0. The molecule has 0 unspecified atom stereocenters. The van der Waals surface area contributed by atoms with E-state index in [0.717, 1.165) is 11.3 Å². The highest BCUT2D eigenvalue weighted by Crippen LogP contribution is 2.10. The van der Waals surface area contributed by atoms with E-state index in [4.69, 9.17) is 10.00 Å². The maximum Gasteiger partial charge on any atom is 0.329 e. The first-order chi connectivity index (χ1) is 12.1. The van der Waals surface area contributed by atoms with Gasteiger partial charge in [0.05, 0.1) is 24.5 Å². The Labute approximate surface area is 144 Å². The van der Waals surface area contributed by atoms with Crippen LogP contribution in [0, 0.1) is 11.3 Å². The number of carbonyl (C=O) groups is 2. The van der Waals surface area contributed by atoms with Crippen molar-refractivity contribution in [1.82, 2.24) is 5.43 Å². The summed E-state index contributed by atoms with van der Waals surface area (Å²) in [7, 11) is 0. The first-order valence-corrected chi connectivity index (χ1v) is 7.49. The Morgan fingerprint density at radius 3 is 2.40 bits per heavy atom. The van der Waals surface area contributed by atoms with Crippen molar-refractivity contribution in [3.8, 4) is 11.8 Å². The summed E-state index contributed by atoms with van der Waals surface area (Å²) in [5.74, 6) is -1.01. The molecule has 0 bridgehead atoms. The highest BCUT2D eigenvalue weighted by Gasteiger charge is 2.12. The average Bonchev–Trinajstić information content (AvgIpc) is 2.64. The van der Waals surface area contributed by atoms with Gasteiger partial charge in [-0.25, -0.2) is 5.43 Å². The molecule has 0 aliphatic carbocycles. The molecule has 126 valence electrons. The van der Waals surface area contributed by atoms with Crippen LogP contribution in [0.25, 0.3) is 0 Å². The zero-order chi connectivity index (χ0) is 18.1. The molecule has 2 rings (SSSR count). The van der Waals surface area contributed by atoms with Crippen molar-refractivity contribution in [2.24, 2.45) is 5.10 Å². The molecule has 25 heavy (non-hydrogen) atoms. The standard InChI is InChI=1S/C18H16N4O3/c1-2-25-16-9-5-14(6-10-16)12-20-22-18(24)17(23)21-15-7-3-13(11-19)4-8-15/h3-10,12H,2H2,1H3,(H,21,23)(H,22,24)/b20-12+. The molecule has 7 heteroatoms. The van der Waals surface area contributed by atoms with Gasteiger partial charge >= 0.3 is 11.8 Å². The smallest absolute Gasteiger partial charge is 0.329 e. The summed E-state index contributed by atoms with van der Waals surface area (Å²) in [4.78, 5) is 23.4. The van der Waals surface area contributed by atoms with Gasteiger partial charge in [-0.1, -0.05) is 0 Å². The predicted octanol–water partition coefficient (Wildman–Crippen LogP) is 2.05. The van der Waals surface area contributed by atoms with Crippen molar-refractivity contribution in [2.45, 2.75) is 6.92 Å². The number of hydrazone groups is 1. The molecule has 0 aliphatic heterocycles. The van der Waals surface area contributed by atoms with E-state index in [1.54, 1.807) is 24.3 Å². The first kappa shape index (κ1) is 17.7. The highest BCUT2D eigenvalue weighted by atomic mass is 16.5. The Morgan fingerprint density at radius 2 is 1.80 bits per heavy atom. The van der Waals surface area contributed by atoms with Gasteiger partial charge in [0.15, 0.2) is 0 Å². The van der Waals surface area contributed by atoms with E-state index in [-0.39, 0.29) is 0 Å². The molecule has 0 aromatic heterocycles. The molecular weight excluding hydrogens is 320 g/mol. The summed E-state index contributed by atoms with van der Waals surface area (Å²) in [5.41, 5.74) is 3.77. The number of benzene rings is 2. The van der Waals surface area contributed by atoms with Crippen molar-refractivity contribution in [2.75, 3.05) is 11.9 Å². The predicted molar refractivity (Wildman–Crippen MR) is 93.1 cm³/mol. The number of nitriles is 1. The summed E-state index contributed by atoms with van der Waals surface area (Å²) in [6.45, 7) is 2.48. The average molecular weight is 336 g/mol. The molecule has 2 amide bonds. The normalized spacial score (nSPS) is 10.1. The fourth-order valence-corrected chi connectivity index (χ4v) is 1.85. The largest absolute Gasteiger partial charge is 0.494 e. The number of amides is 2. The van der Waals surface area contributed by atoms with Gasteiger partial charge in [0.25, 0.3) is 0 Å². The van der Waals surface area contributed by atoms with Crippen LogP contribution in [0.5, 0.6) is 5.75 Å². The summed E-state index contributed by atoms with van der Waals surface area (Å²) < 4.78 is 5.32. The monoisotopic (exact) mass is 336 g/mol. The molecule has 0 aliphatic rings. The Hall–Kier alpha value is -3.66. The van der Waals surface area contributed by atoms with E-state index in [1.165, 1.54) is 30.5 Å². The van der Waals surface area contributed by atoms with Crippen LogP contribution < -0.4 is 15.5 Å². The second kappa shape index (κ2) is 8.84. The van der Waals surface area contributed by atoms with E-state index < -0.39 is 11.8 Å². The molecule has 0 atom stereocenters. The Kier molecular flexibility index (Phi) is 6.25. The van der Waals surface area contributed by atoms with Crippen molar-refractivity contribution in [1.29, 1.82) is 5.26 Å². The molecule has 2 aromatic rings. The Balaban J connectivity index is 1.85. The quantitative estimate of drug-likeness (QED) is 0.495. The molecule has 7 nitrogen and oxygen atoms in total. The van der Waals surface area contributed by atoms with E-state index in [2.05, 4.69) is 15.8 Å². The lowest BCUT2D eigenvalue weighted by Crippen LogP contribution is -2.32. The van der Waals surface area contributed by atoms with Crippen LogP contribution in [-0.4, -0.2) is 24.6 Å². The number of rotatable bonds is 5. The number of carbonyl (C=O) groups excluding carboxylic acids is 2. The molecule has 0 heterocycles. The van der Waals surface area contributed by atoms with Crippen LogP contribution in [-0.2, 0) is 9.59 Å². The van der Waals surface area contributed by atoms with Gasteiger partial charge in [-0.2, -0.15) is 10.4 Å². The van der Waals surface area contributed by atoms with E-state index in [9.17, 15) is 9.59 Å². The molecule has 2 aromatic carbocycles. The first-order valence-electron chi connectivity index (χ1n) is 7.49. The lowest BCUT2D eigenvalue weighted by molar-refractivity contribution is -0.136. The fourth-order valence-electron chi connectivity index (χ4n) is 1.85. The molecule has 0 fully saturated rings. The zero-order valence-electron chi connectivity index (χ0n) is 13.5. The van der Waals surface area contributed by atoms with Gasteiger partial charge in [-0.15, -0.1) is 0 Å². The number of ether oxygens (including phenoxy) is 1. The van der Waals surface area contributed by atoms with Crippen LogP contribution in [0.3, 0.4) is 0 Å². The third kappa shape index (κ3) is 5.48. The maximum atomic E-state index is 11.7. The zero-order valence-corrected chi connectivity index (χ0v) is 13.5. The number of nitrogens with zero attached hydrogens (tertiary/aromatic N) is 2. The number of hydrogen-bond acceptors (Lipinski definition) is 5.